The van der Waals surface area contributed by atoms with Gasteiger partial charge in [-0.25, -0.2) is 0 Å². The van der Waals surface area contributed by atoms with Gasteiger partial charge in [0.05, 0.1) is 0 Å². The van der Waals surface area contributed by atoms with Gasteiger partial charge in [0, 0.05) is 38.1 Å². The van der Waals surface area contributed by atoms with Gasteiger partial charge in [-0.2, -0.15) is 0 Å². The fourth-order valence-corrected chi connectivity index (χ4v) is 3.61. The number of rotatable bonds is 2. The van der Waals surface area contributed by atoms with Crippen LogP contribution in [-0.4, -0.2) is 41.4 Å². The van der Waals surface area contributed by atoms with Gasteiger partial charge >= 0.3 is 0 Å². The molecule has 0 N–H and O–H groups in total. The third-order valence-electron chi connectivity index (χ3n) is 5.30. The van der Waals surface area contributed by atoms with Gasteiger partial charge in [-0.3, -0.25) is 9.69 Å². The quantitative estimate of drug-likeness (QED) is 0.821. The molecule has 0 atom stereocenters. The Balaban J connectivity index is 1.34. The molecular weight excluding hydrogens is 248 g/mol. The first-order valence-corrected chi connectivity index (χ1v) is 7.91. The summed E-state index contributed by atoms with van der Waals surface area (Å²) in [5.41, 5.74) is 2.98. The Kier molecular flexibility index (Phi) is 3.03. The van der Waals surface area contributed by atoms with Gasteiger partial charge < -0.3 is 4.90 Å². The molecule has 0 radical (unpaired) electrons. The normalized spacial score (nSPS) is 23.9. The van der Waals surface area contributed by atoms with E-state index in [0.29, 0.717) is 17.9 Å². The van der Waals surface area contributed by atoms with E-state index in [2.05, 4.69) is 34.1 Å². The molecule has 1 aliphatic carbocycles. The summed E-state index contributed by atoms with van der Waals surface area (Å²) >= 11 is 0. The summed E-state index contributed by atoms with van der Waals surface area (Å²) in [5.74, 6) is 0.781. The van der Waals surface area contributed by atoms with E-state index >= 15 is 0 Å². The molecule has 4 rings (SSSR count). The Morgan fingerprint density at radius 3 is 2.55 bits per heavy atom. The molecule has 1 amide bonds. The maximum absolute atomic E-state index is 12.1. The number of likely N-dealkylation sites (tertiary alicyclic amines) is 1. The van der Waals surface area contributed by atoms with Gasteiger partial charge in [0.2, 0.25) is 5.91 Å². The highest BCUT2D eigenvalue weighted by atomic mass is 16.2. The van der Waals surface area contributed by atoms with Crippen molar-refractivity contribution < 1.29 is 4.79 Å². The van der Waals surface area contributed by atoms with Crippen LogP contribution in [0, 0.1) is 5.92 Å². The van der Waals surface area contributed by atoms with Crippen LogP contribution in [0.2, 0.25) is 0 Å². The molecule has 1 aromatic carbocycles. The molecule has 3 aliphatic rings. The summed E-state index contributed by atoms with van der Waals surface area (Å²) in [6.45, 7) is 4.12. The van der Waals surface area contributed by atoms with E-state index < -0.39 is 0 Å². The number of carbonyl (C=O) groups excluding carboxylic acids is 1. The summed E-state index contributed by atoms with van der Waals surface area (Å²) < 4.78 is 0. The monoisotopic (exact) mass is 270 g/mol. The van der Waals surface area contributed by atoms with Crippen LogP contribution in [0.1, 0.15) is 30.4 Å². The minimum atomic E-state index is 0.359. The van der Waals surface area contributed by atoms with E-state index in [4.69, 9.17) is 0 Å². The lowest BCUT2D eigenvalue weighted by atomic mass is 9.83. The van der Waals surface area contributed by atoms with E-state index in [0.717, 1.165) is 45.4 Å². The lowest BCUT2D eigenvalue weighted by Crippen LogP contribution is -2.62. The standard InChI is InChI=1S/C17H22N2O/c20-17(14-6-3-7-14)19-11-16(12-19)18-9-8-13-4-1-2-5-15(13)10-18/h1-2,4-5,14,16H,3,6-12H2. The van der Waals surface area contributed by atoms with Crippen molar-refractivity contribution in [3.63, 3.8) is 0 Å². The highest BCUT2D eigenvalue weighted by Gasteiger charge is 2.39. The van der Waals surface area contributed by atoms with Crippen LogP contribution >= 0.6 is 0 Å². The maximum Gasteiger partial charge on any atom is 0.225 e. The second-order valence-corrected chi connectivity index (χ2v) is 6.51. The number of fused-ring (bicyclic) bond motifs is 1. The third kappa shape index (κ3) is 2.05. The first-order valence-electron chi connectivity index (χ1n) is 7.91. The highest BCUT2D eigenvalue weighted by molar-refractivity contribution is 5.80. The topological polar surface area (TPSA) is 23.6 Å². The van der Waals surface area contributed by atoms with Gasteiger partial charge in [-0.15, -0.1) is 0 Å². The van der Waals surface area contributed by atoms with Gasteiger partial charge in [0.1, 0.15) is 0 Å². The van der Waals surface area contributed by atoms with Crippen LogP contribution in [0.15, 0.2) is 24.3 Å². The number of benzene rings is 1. The van der Waals surface area contributed by atoms with Gasteiger partial charge in [-0.05, 0) is 30.4 Å². The van der Waals surface area contributed by atoms with E-state index in [-0.39, 0.29) is 0 Å². The Labute approximate surface area is 120 Å². The van der Waals surface area contributed by atoms with E-state index in [1.54, 1.807) is 0 Å². The molecule has 3 heteroatoms. The Morgan fingerprint density at radius 2 is 1.85 bits per heavy atom. The zero-order valence-electron chi connectivity index (χ0n) is 11.9. The van der Waals surface area contributed by atoms with Crippen molar-refractivity contribution in [2.24, 2.45) is 5.92 Å². The Morgan fingerprint density at radius 1 is 1.10 bits per heavy atom. The number of hydrogen-bond donors (Lipinski definition) is 0. The van der Waals surface area contributed by atoms with Crippen molar-refractivity contribution in [3.05, 3.63) is 35.4 Å². The summed E-state index contributed by atoms with van der Waals surface area (Å²) in [5, 5.41) is 0. The van der Waals surface area contributed by atoms with E-state index in [1.807, 2.05) is 0 Å². The SMILES string of the molecule is O=C(C1CCC1)N1CC(N2CCc3ccccc3C2)C1. The zero-order chi connectivity index (χ0) is 13.5. The molecule has 2 fully saturated rings. The van der Waals surface area contributed by atoms with Crippen molar-refractivity contribution in [1.82, 2.24) is 9.80 Å². The Hall–Kier alpha value is -1.35. The van der Waals surface area contributed by atoms with Crippen molar-refractivity contribution in [2.45, 2.75) is 38.3 Å². The average molecular weight is 270 g/mol. The van der Waals surface area contributed by atoms with Gasteiger partial charge in [-0.1, -0.05) is 30.7 Å². The minimum absolute atomic E-state index is 0.359. The van der Waals surface area contributed by atoms with Crippen molar-refractivity contribution in [1.29, 1.82) is 0 Å². The van der Waals surface area contributed by atoms with Crippen LogP contribution in [0.25, 0.3) is 0 Å². The Bertz CT molecular complexity index is 517. The summed E-state index contributed by atoms with van der Waals surface area (Å²) in [4.78, 5) is 16.8. The first kappa shape index (κ1) is 12.4. The largest absolute Gasteiger partial charge is 0.339 e. The zero-order valence-corrected chi connectivity index (χ0v) is 11.9. The van der Waals surface area contributed by atoms with Crippen LogP contribution in [0.5, 0.6) is 0 Å². The molecule has 3 nitrogen and oxygen atoms in total. The van der Waals surface area contributed by atoms with Gasteiger partial charge in [0.25, 0.3) is 0 Å². The van der Waals surface area contributed by atoms with Crippen molar-refractivity contribution in [2.75, 3.05) is 19.6 Å². The number of hydrogen-bond acceptors (Lipinski definition) is 2. The van der Waals surface area contributed by atoms with Crippen LogP contribution in [0.3, 0.4) is 0 Å². The van der Waals surface area contributed by atoms with Crippen molar-refractivity contribution >= 4 is 5.91 Å². The van der Waals surface area contributed by atoms with Crippen molar-refractivity contribution in [3.8, 4) is 0 Å². The molecule has 2 aliphatic heterocycles. The molecule has 1 saturated carbocycles. The molecule has 1 aromatic rings. The molecule has 106 valence electrons. The summed E-state index contributed by atoms with van der Waals surface area (Å²) in [6, 6.07) is 9.36. The van der Waals surface area contributed by atoms with Crippen LogP contribution in [-0.2, 0) is 17.8 Å². The molecule has 0 spiro atoms. The number of nitrogens with zero attached hydrogens (tertiary/aromatic N) is 2. The van der Waals surface area contributed by atoms with E-state index in [1.165, 1.54) is 17.5 Å². The fraction of sp³-hybridized carbons (Fsp3) is 0.588. The molecular formula is C17H22N2O. The minimum Gasteiger partial charge on any atom is -0.339 e. The predicted octanol–water partition coefficient (Wildman–Crippen LogP) is 2.06. The molecule has 2 heterocycles. The lowest BCUT2D eigenvalue weighted by Gasteiger charge is -2.48. The first-order chi connectivity index (χ1) is 9.81. The second kappa shape index (κ2) is 4.88. The van der Waals surface area contributed by atoms with Gasteiger partial charge in [0.15, 0.2) is 0 Å². The number of carbonyl (C=O) groups is 1. The summed E-state index contributed by atoms with van der Waals surface area (Å²) in [6.07, 6.45) is 4.65. The average Bonchev–Trinajstić information content (AvgIpc) is 2.35. The van der Waals surface area contributed by atoms with Crippen LogP contribution in [0.4, 0.5) is 0 Å². The molecule has 20 heavy (non-hydrogen) atoms. The lowest BCUT2D eigenvalue weighted by molar-refractivity contribution is -0.146. The number of amides is 1. The smallest absolute Gasteiger partial charge is 0.225 e. The molecule has 0 aromatic heterocycles. The predicted molar refractivity (Wildman–Crippen MR) is 78.3 cm³/mol. The highest BCUT2D eigenvalue weighted by Crippen LogP contribution is 2.31. The molecule has 0 unspecified atom stereocenters. The summed E-state index contributed by atoms with van der Waals surface area (Å²) in [7, 11) is 0. The third-order valence-corrected chi connectivity index (χ3v) is 5.30. The fourth-order valence-electron chi connectivity index (χ4n) is 3.61. The molecule has 1 saturated heterocycles. The molecule has 0 bridgehead atoms. The van der Waals surface area contributed by atoms with Crippen LogP contribution < -0.4 is 0 Å². The second-order valence-electron chi connectivity index (χ2n) is 6.51. The van der Waals surface area contributed by atoms with E-state index in [9.17, 15) is 4.79 Å². The maximum atomic E-state index is 12.1.